The molecule has 0 fully saturated rings. The van der Waals surface area contributed by atoms with Gasteiger partial charge in [-0.05, 0) is 112 Å². The van der Waals surface area contributed by atoms with E-state index < -0.39 is 0 Å². The number of benzene rings is 10. The van der Waals surface area contributed by atoms with Crippen molar-refractivity contribution in [2.45, 2.75) is 5.92 Å². The van der Waals surface area contributed by atoms with Crippen LogP contribution in [0.15, 0.2) is 224 Å². The van der Waals surface area contributed by atoms with Crippen molar-refractivity contribution in [1.82, 2.24) is 0 Å². The zero-order valence-corrected chi connectivity index (χ0v) is 30.4. The molecule has 0 radical (unpaired) electrons. The Kier molecular flexibility index (Phi) is 8.35. The average molecular weight is 699 g/mol. The molecule has 0 atom stereocenters. The fourth-order valence-electron chi connectivity index (χ4n) is 8.72. The molecule has 55 heavy (non-hydrogen) atoms. The Labute approximate surface area is 322 Å². The first-order valence-electron chi connectivity index (χ1n) is 19.1. The lowest BCUT2D eigenvalue weighted by molar-refractivity contribution is 0.980. The zero-order valence-electron chi connectivity index (χ0n) is 30.4. The van der Waals surface area contributed by atoms with Crippen LogP contribution >= 0.6 is 0 Å². The Morgan fingerprint density at radius 1 is 0.255 bits per heavy atom. The van der Waals surface area contributed by atoms with Crippen molar-refractivity contribution >= 4 is 32.3 Å². The van der Waals surface area contributed by atoms with Crippen LogP contribution in [0.2, 0.25) is 0 Å². The van der Waals surface area contributed by atoms with Crippen LogP contribution in [-0.2, 0) is 0 Å². The Hall–Kier alpha value is -7.02. The fourth-order valence-corrected chi connectivity index (χ4v) is 8.72. The van der Waals surface area contributed by atoms with E-state index in [0.717, 1.165) is 0 Å². The van der Waals surface area contributed by atoms with E-state index in [1.807, 2.05) is 0 Å². The Morgan fingerprint density at radius 3 is 1.27 bits per heavy atom. The van der Waals surface area contributed by atoms with Gasteiger partial charge in [-0.3, -0.25) is 0 Å². The summed E-state index contributed by atoms with van der Waals surface area (Å²) >= 11 is 0. The first kappa shape index (κ1) is 32.6. The molecule has 0 nitrogen and oxygen atoms in total. The van der Waals surface area contributed by atoms with Gasteiger partial charge < -0.3 is 0 Å². The van der Waals surface area contributed by atoms with Gasteiger partial charge in [0.05, 0.1) is 0 Å². The molecule has 0 aromatic heterocycles. The SMILES string of the molecule is c1ccc(-c2cc(-c3c4ccccc4c(-c4ccc(-c5ccccc5)c(C(c5ccccc5)c5ccccc5)c4)c4ccccc34)c3ccccc3c2)cc1. The summed E-state index contributed by atoms with van der Waals surface area (Å²) in [5, 5.41) is 7.50. The number of hydrogen-bond donors (Lipinski definition) is 0. The number of hydrogen-bond acceptors (Lipinski definition) is 0. The maximum absolute atomic E-state index is 2.48. The minimum atomic E-state index is 0.0430. The molecule has 10 aromatic rings. The first-order chi connectivity index (χ1) is 27.3. The summed E-state index contributed by atoms with van der Waals surface area (Å²) in [5.41, 5.74) is 13.8. The van der Waals surface area contributed by atoms with Crippen LogP contribution in [0, 0.1) is 0 Å². The van der Waals surface area contributed by atoms with Crippen molar-refractivity contribution in [3.05, 3.63) is 241 Å². The van der Waals surface area contributed by atoms with Crippen LogP contribution in [0.4, 0.5) is 0 Å². The van der Waals surface area contributed by atoms with Crippen molar-refractivity contribution in [1.29, 1.82) is 0 Å². The Morgan fingerprint density at radius 2 is 0.709 bits per heavy atom. The third-order valence-corrected chi connectivity index (χ3v) is 11.2. The summed E-state index contributed by atoms with van der Waals surface area (Å²) < 4.78 is 0. The molecule has 0 aliphatic heterocycles. The molecular formula is C55H38. The van der Waals surface area contributed by atoms with Gasteiger partial charge in [0.1, 0.15) is 0 Å². The van der Waals surface area contributed by atoms with E-state index in [4.69, 9.17) is 0 Å². The fraction of sp³-hybridized carbons (Fsp3) is 0.0182. The molecule has 258 valence electrons. The van der Waals surface area contributed by atoms with Crippen molar-refractivity contribution < 1.29 is 0 Å². The number of fused-ring (bicyclic) bond motifs is 3. The molecule has 0 saturated carbocycles. The average Bonchev–Trinajstić information content (AvgIpc) is 3.26. The van der Waals surface area contributed by atoms with Crippen molar-refractivity contribution in [2.75, 3.05) is 0 Å². The lowest BCUT2D eigenvalue weighted by atomic mass is 9.79. The van der Waals surface area contributed by atoms with Crippen LogP contribution < -0.4 is 0 Å². The van der Waals surface area contributed by atoms with E-state index in [0.29, 0.717) is 0 Å². The first-order valence-corrected chi connectivity index (χ1v) is 19.1. The second kappa shape index (κ2) is 14.1. The van der Waals surface area contributed by atoms with Crippen molar-refractivity contribution in [3.63, 3.8) is 0 Å². The van der Waals surface area contributed by atoms with Gasteiger partial charge in [0, 0.05) is 5.92 Å². The standard InChI is InChI=1S/C55H38/c1-5-19-38(20-6-1)44-35-42-27-13-14-28-45(42)52(37-44)55-49-31-17-15-29-47(49)54(48-30-16-18-32-50(48)55)43-33-34-46(39-21-7-2-8-22-39)51(36-43)53(40-23-9-3-10-24-40)41-25-11-4-12-26-41/h1-37,53H. The second-order valence-electron chi connectivity index (χ2n) is 14.4. The second-order valence-corrected chi connectivity index (χ2v) is 14.4. The summed E-state index contributed by atoms with van der Waals surface area (Å²) in [4.78, 5) is 0. The van der Waals surface area contributed by atoms with Gasteiger partial charge >= 0.3 is 0 Å². The summed E-state index contributed by atoms with van der Waals surface area (Å²) in [6.07, 6.45) is 0. The topological polar surface area (TPSA) is 0 Å². The van der Waals surface area contributed by atoms with Crippen LogP contribution in [0.25, 0.3) is 76.8 Å². The minimum Gasteiger partial charge on any atom is -0.0622 e. The minimum absolute atomic E-state index is 0.0430. The lowest BCUT2D eigenvalue weighted by Crippen LogP contribution is -2.06. The maximum atomic E-state index is 2.48. The van der Waals surface area contributed by atoms with Gasteiger partial charge in [-0.2, -0.15) is 0 Å². The van der Waals surface area contributed by atoms with Crippen LogP contribution in [0.5, 0.6) is 0 Å². The highest BCUT2D eigenvalue weighted by molar-refractivity contribution is 6.24. The molecule has 0 N–H and O–H groups in total. The number of rotatable bonds is 7. The molecular weight excluding hydrogens is 661 g/mol. The smallest absolute Gasteiger partial charge is 0.0346 e. The van der Waals surface area contributed by atoms with Crippen molar-refractivity contribution in [2.24, 2.45) is 0 Å². The van der Waals surface area contributed by atoms with Gasteiger partial charge in [0.2, 0.25) is 0 Å². The summed E-state index contributed by atoms with van der Waals surface area (Å²) in [6.45, 7) is 0. The highest BCUT2D eigenvalue weighted by Crippen LogP contribution is 2.48. The van der Waals surface area contributed by atoms with E-state index in [1.165, 1.54) is 93.5 Å². The van der Waals surface area contributed by atoms with Gasteiger partial charge in [0.25, 0.3) is 0 Å². The summed E-state index contributed by atoms with van der Waals surface area (Å²) in [6, 6.07) is 82.4. The van der Waals surface area contributed by atoms with Crippen molar-refractivity contribution in [3.8, 4) is 44.5 Å². The Balaban J connectivity index is 1.28. The van der Waals surface area contributed by atoms with Gasteiger partial charge in [-0.15, -0.1) is 0 Å². The Bertz CT molecular complexity index is 2850. The summed E-state index contributed by atoms with van der Waals surface area (Å²) in [7, 11) is 0. The predicted octanol–water partition coefficient (Wildman–Crippen LogP) is 15.0. The maximum Gasteiger partial charge on any atom is 0.0346 e. The molecule has 0 saturated heterocycles. The lowest BCUT2D eigenvalue weighted by Gasteiger charge is -2.24. The van der Waals surface area contributed by atoms with Gasteiger partial charge in [0.15, 0.2) is 0 Å². The molecule has 10 rings (SSSR count). The van der Waals surface area contributed by atoms with E-state index in [1.54, 1.807) is 0 Å². The molecule has 0 spiro atoms. The van der Waals surface area contributed by atoms with E-state index in [9.17, 15) is 0 Å². The monoisotopic (exact) mass is 698 g/mol. The summed E-state index contributed by atoms with van der Waals surface area (Å²) in [5.74, 6) is 0.0430. The largest absolute Gasteiger partial charge is 0.0622 e. The van der Waals surface area contributed by atoms with Crippen LogP contribution in [-0.4, -0.2) is 0 Å². The molecule has 0 heterocycles. The molecule has 0 aliphatic carbocycles. The van der Waals surface area contributed by atoms with Gasteiger partial charge in [-0.25, -0.2) is 0 Å². The normalized spacial score (nSPS) is 11.4. The quantitative estimate of drug-likeness (QED) is 0.115. The molecule has 0 amide bonds. The van der Waals surface area contributed by atoms with E-state index in [-0.39, 0.29) is 5.92 Å². The zero-order chi connectivity index (χ0) is 36.6. The highest BCUT2D eigenvalue weighted by atomic mass is 14.3. The third-order valence-electron chi connectivity index (χ3n) is 11.2. The molecule has 0 heteroatoms. The van der Waals surface area contributed by atoms with Gasteiger partial charge in [-0.1, -0.05) is 206 Å². The van der Waals surface area contributed by atoms with Crippen LogP contribution in [0.1, 0.15) is 22.6 Å². The van der Waals surface area contributed by atoms with E-state index in [2.05, 4.69) is 224 Å². The molecule has 0 unspecified atom stereocenters. The molecule has 0 aliphatic rings. The van der Waals surface area contributed by atoms with E-state index >= 15 is 0 Å². The molecule has 0 bridgehead atoms. The van der Waals surface area contributed by atoms with Crippen LogP contribution in [0.3, 0.4) is 0 Å². The highest BCUT2D eigenvalue weighted by Gasteiger charge is 2.24. The molecule has 10 aromatic carbocycles. The predicted molar refractivity (Wildman–Crippen MR) is 235 cm³/mol. The third kappa shape index (κ3) is 5.89.